The molecule has 2 bridgehead atoms. The molecule has 1 heterocycles. The average molecular weight is 401 g/mol. The fraction of sp³-hybridized carbons (Fsp3) is 0.208. The van der Waals surface area contributed by atoms with Gasteiger partial charge in [-0.1, -0.05) is 60.7 Å². The second-order valence-corrected chi connectivity index (χ2v) is 9.73. The van der Waals surface area contributed by atoms with Crippen LogP contribution >= 0.6 is 0 Å². The first kappa shape index (κ1) is 17.0. The summed E-state index contributed by atoms with van der Waals surface area (Å²) in [7, 11) is -3.50. The van der Waals surface area contributed by atoms with E-state index in [0.29, 0.717) is 40.6 Å². The van der Waals surface area contributed by atoms with Gasteiger partial charge in [-0.25, -0.2) is 8.42 Å². The SMILES string of the molecule is O=S1(=O)NC(=NCC2CC3c4ccccc4C2c2ccccc23)c2ccccc21. The monoisotopic (exact) mass is 400 g/mol. The second-order valence-electron chi connectivity index (χ2n) is 8.07. The van der Waals surface area contributed by atoms with Crippen molar-refractivity contribution in [2.75, 3.05) is 6.54 Å². The normalized spacial score (nSPS) is 26.5. The molecule has 0 spiro atoms. The quantitative estimate of drug-likeness (QED) is 0.706. The van der Waals surface area contributed by atoms with Crippen LogP contribution in [0, 0.1) is 5.92 Å². The summed E-state index contributed by atoms with van der Waals surface area (Å²) >= 11 is 0. The van der Waals surface area contributed by atoms with Crippen LogP contribution in [0.15, 0.2) is 82.7 Å². The smallest absolute Gasteiger partial charge is 0.263 e. The Kier molecular flexibility index (Phi) is 3.54. The van der Waals surface area contributed by atoms with Crippen LogP contribution in [0.4, 0.5) is 0 Å². The molecule has 5 heteroatoms. The third-order valence-electron chi connectivity index (χ3n) is 6.57. The molecule has 1 aliphatic heterocycles. The maximum Gasteiger partial charge on any atom is 0.263 e. The number of hydrogen-bond donors (Lipinski definition) is 1. The van der Waals surface area contributed by atoms with E-state index in [1.807, 2.05) is 12.1 Å². The number of fused-ring (bicyclic) bond motifs is 2. The van der Waals surface area contributed by atoms with E-state index in [4.69, 9.17) is 4.99 Å². The zero-order chi connectivity index (χ0) is 19.6. The zero-order valence-corrected chi connectivity index (χ0v) is 16.6. The van der Waals surface area contributed by atoms with Gasteiger partial charge in [0.05, 0.1) is 4.90 Å². The summed E-state index contributed by atoms with van der Waals surface area (Å²) in [5.74, 6) is 1.54. The maximum absolute atomic E-state index is 12.4. The first-order valence-corrected chi connectivity index (χ1v) is 11.5. The van der Waals surface area contributed by atoms with E-state index < -0.39 is 10.0 Å². The van der Waals surface area contributed by atoms with Crippen molar-refractivity contribution in [3.05, 3.63) is 101 Å². The lowest BCUT2D eigenvalue weighted by Crippen LogP contribution is -2.34. The maximum atomic E-state index is 12.4. The third kappa shape index (κ3) is 2.43. The molecular formula is C24H20N2O2S. The molecule has 0 saturated carbocycles. The molecular weight excluding hydrogens is 380 g/mol. The molecule has 0 amide bonds. The first-order valence-electron chi connectivity index (χ1n) is 9.98. The lowest BCUT2D eigenvalue weighted by Gasteiger charge is -2.45. The highest BCUT2D eigenvalue weighted by Crippen LogP contribution is 2.55. The van der Waals surface area contributed by atoms with Gasteiger partial charge in [-0.05, 0) is 46.7 Å². The van der Waals surface area contributed by atoms with E-state index in [0.717, 1.165) is 6.42 Å². The van der Waals surface area contributed by atoms with Gasteiger partial charge in [0.1, 0.15) is 5.84 Å². The highest BCUT2D eigenvalue weighted by molar-refractivity contribution is 7.90. The lowest BCUT2D eigenvalue weighted by atomic mass is 9.59. The van der Waals surface area contributed by atoms with Crippen LogP contribution in [0.3, 0.4) is 0 Å². The molecule has 4 nitrogen and oxygen atoms in total. The molecule has 1 atom stereocenters. The lowest BCUT2D eigenvalue weighted by molar-refractivity contribution is 0.365. The van der Waals surface area contributed by atoms with Crippen molar-refractivity contribution in [2.45, 2.75) is 23.2 Å². The average Bonchev–Trinajstić information content (AvgIpc) is 3.03. The van der Waals surface area contributed by atoms with Gasteiger partial charge in [-0.2, -0.15) is 0 Å². The van der Waals surface area contributed by atoms with Gasteiger partial charge >= 0.3 is 0 Å². The zero-order valence-electron chi connectivity index (χ0n) is 15.7. The summed E-state index contributed by atoms with van der Waals surface area (Å²) in [6.07, 6.45) is 1.05. The van der Waals surface area contributed by atoms with Crippen molar-refractivity contribution in [1.29, 1.82) is 0 Å². The van der Waals surface area contributed by atoms with Gasteiger partial charge in [0.15, 0.2) is 0 Å². The van der Waals surface area contributed by atoms with Gasteiger partial charge in [0, 0.05) is 23.9 Å². The van der Waals surface area contributed by atoms with Crippen LogP contribution in [0.5, 0.6) is 0 Å². The Morgan fingerprint density at radius 1 is 0.828 bits per heavy atom. The van der Waals surface area contributed by atoms with Crippen molar-refractivity contribution in [3.8, 4) is 0 Å². The van der Waals surface area contributed by atoms with E-state index in [-0.39, 0.29) is 0 Å². The molecule has 7 rings (SSSR count). The Labute approximate surface area is 170 Å². The number of sulfonamides is 1. The van der Waals surface area contributed by atoms with E-state index >= 15 is 0 Å². The Morgan fingerprint density at radius 3 is 2.10 bits per heavy atom. The van der Waals surface area contributed by atoms with Gasteiger partial charge in [-0.3, -0.25) is 9.71 Å². The molecule has 4 aliphatic rings. The number of amidine groups is 1. The topological polar surface area (TPSA) is 58.5 Å². The number of nitrogens with zero attached hydrogens (tertiary/aromatic N) is 1. The highest BCUT2D eigenvalue weighted by Gasteiger charge is 2.43. The van der Waals surface area contributed by atoms with Crippen LogP contribution in [0.25, 0.3) is 0 Å². The molecule has 29 heavy (non-hydrogen) atoms. The van der Waals surface area contributed by atoms with Crippen LogP contribution in [-0.2, 0) is 10.0 Å². The molecule has 1 N–H and O–H groups in total. The Balaban J connectivity index is 1.40. The van der Waals surface area contributed by atoms with Gasteiger partial charge in [-0.15, -0.1) is 0 Å². The Hall–Kier alpha value is -2.92. The molecule has 0 saturated heterocycles. The standard InChI is InChI=1S/C24H20N2O2S/c27-29(28)22-12-6-5-11-20(22)24(26-29)25-14-15-13-21-16-7-1-3-9-18(16)23(15)19-10-4-2-8-17(19)21/h1-12,15,21,23H,13-14H2,(H,25,26). The molecule has 3 aromatic rings. The number of nitrogens with one attached hydrogen (secondary N) is 1. The first-order chi connectivity index (χ1) is 14.1. The molecule has 0 radical (unpaired) electrons. The fourth-order valence-electron chi connectivity index (χ4n) is 5.40. The van der Waals surface area contributed by atoms with Crippen LogP contribution in [0.2, 0.25) is 0 Å². The van der Waals surface area contributed by atoms with E-state index in [9.17, 15) is 8.42 Å². The van der Waals surface area contributed by atoms with Crippen molar-refractivity contribution in [3.63, 3.8) is 0 Å². The molecule has 1 unspecified atom stereocenters. The third-order valence-corrected chi connectivity index (χ3v) is 7.97. The molecule has 3 aliphatic carbocycles. The predicted molar refractivity (Wildman–Crippen MR) is 113 cm³/mol. The summed E-state index contributed by atoms with van der Waals surface area (Å²) in [6.45, 7) is 0.607. The van der Waals surface area contributed by atoms with Crippen LogP contribution < -0.4 is 4.72 Å². The summed E-state index contributed by atoms with van der Waals surface area (Å²) in [5.41, 5.74) is 6.36. The number of hydrogen-bond acceptors (Lipinski definition) is 3. The van der Waals surface area contributed by atoms with Crippen molar-refractivity contribution < 1.29 is 8.42 Å². The summed E-state index contributed by atoms with van der Waals surface area (Å²) in [6, 6.07) is 24.5. The number of rotatable bonds is 2. The summed E-state index contributed by atoms with van der Waals surface area (Å²) in [5, 5.41) is 0. The summed E-state index contributed by atoms with van der Waals surface area (Å²) < 4.78 is 27.4. The largest absolute Gasteiger partial charge is 0.267 e. The van der Waals surface area contributed by atoms with Crippen LogP contribution in [-0.4, -0.2) is 20.8 Å². The van der Waals surface area contributed by atoms with Crippen molar-refractivity contribution in [1.82, 2.24) is 4.72 Å². The highest BCUT2D eigenvalue weighted by atomic mass is 32.2. The second kappa shape index (κ2) is 6.04. The molecule has 0 aromatic heterocycles. The predicted octanol–water partition coefficient (Wildman–Crippen LogP) is 4.02. The van der Waals surface area contributed by atoms with Crippen molar-refractivity contribution >= 4 is 15.9 Å². The summed E-state index contributed by atoms with van der Waals surface area (Å²) in [4.78, 5) is 5.09. The minimum absolute atomic E-state index is 0.310. The van der Waals surface area contributed by atoms with E-state index in [1.54, 1.807) is 12.1 Å². The minimum atomic E-state index is -3.50. The molecule has 0 fully saturated rings. The Morgan fingerprint density at radius 2 is 1.41 bits per heavy atom. The van der Waals surface area contributed by atoms with Gasteiger partial charge in [0.2, 0.25) is 0 Å². The molecule has 144 valence electrons. The Bertz CT molecular complexity index is 1230. The van der Waals surface area contributed by atoms with Crippen molar-refractivity contribution in [2.24, 2.45) is 10.9 Å². The number of benzene rings is 3. The van der Waals surface area contributed by atoms with Gasteiger partial charge in [0.25, 0.3) is 10.0 Å². The fourth-order valence-corrected chi connectivity index (χ4v) is 6.65. The molecule has 3 aromatic carbocycles. The number of aliphatic imine (C=N–C) groups is 1. The van der Waals surface area contributed by atoms with E-state index in [1.165, 1.54) is 22.3 Å². The minimum Gasteiger partial charge on any atom is -0.267 e. The van der Waals surface area contributed by atoms with E-state index in [2.05, 4.69) is 53.3 Å². The van der Waals surface area contributed by atoms with Gasteiger partial charge < -0.3 is 0 Å². The van der Waals surface area contributed by atoms with Crippen LogP contribution in [0.1, 0.15) is 46.1 Å².